The van der Waals surface area contributed by atoms with Crippen molar-refractivity contribution in [2.24, 2.45) is 5.73 Å². The normalized spacial score (nSPS) is 12.8. The number of hydrogen-bond acceptors (Lipinski definition) is 2. The van der Waals surface area contributed by atoms with Crippen LogP contribution in [0.3, 0.4) is 0 Å². The maximum atomic E-state index is 12.3. The van der Waals surface area contributed by atoms with Crippen LogP contribution in [0, 0.1) is 0 Å². The van der Waals surface area contributed by atoms with E-state index in [1.807, 2.05) is 6.92 Å². The van der Waals surface area contributed by atoms with Crippen molar-refractivity contribution < 1.29 is 22.8 Å². The highest BCUT2D eigenvalue weighted by Gasteiger charge is 2.40. The fourth-order valence-corrected chi connectivity index (χ4v) is 1.68. The summed E-state index contributed by atoms with van der Waals surface area (Å²) in [5, 5.41) is 1.78. The van der Waals surface area contributed by atoms with Crippen molar-refractivity contribution in [3.05, 3.63) is 35.4 Å². The molecular weight excluding hydrogens is 273 g/mol. The van der Waals surface area contributed by atoms with Gasteiger partial charge < -0.3 is 11.1 Å². The van der Waals surface area contributed by atoms with Crippen LogP contribution < -0.4 is 11.1 Å². The van der Waals surface area contributed by atoms with E-state index in [0.717, 1.165) is 12.0 Å². The van der Waals surface area contributed by atoms with Crippen LogP contribution in [-0.4, -0.2) is 18.0 Å². The Hall–Kier alpha value is -2.05. The molecule has 0 spiro atoms. The van der Waals surface area contributed by atoms with Gasteiger partial charge in [-0.25, -0.2) is 0 Å². The highest BCUT2D eigenvalue weighted by molar-refractivity contribution is 5.83. The van der Waals surface area contributed by atoms with E-state index < -0.39 is 30.5 Å². The monoisotopic (exact) mass is 288 g/mol. The molecule has 0 aliphatic heterocycles. The van der Waals surface area contributed by atoms with Gasteiger partial charge in [0.2, 0.25) is 5.91 Å². The lowest BCUT2D eigenvalue weighted by molar-refractivity contribution is -0.174. The summed E-state index contributed by atoms with van der Waals surface area (Å²) >= 11 is 0. The van der Waals surface area contributed by atoms with Crippen molar-refractivity contribution in [2.45, 2.75) is 32.0 Å². The van der Waals surface area contributed by atoms with Gasteiger partial charge in [0.25, 0.3) is 0 Å². The van der Waals surface area contributed by atoms with Crippen LogP contribution in [0.25, 0.3) is 0 Å². The van der Waals surface area contributed by atoms with E-state index in [4.69, 9.17) is 5.73 Å². The minimum Gasteiger partial charge on any atom is -0.370 e. The summed E-state index contributed by atoms with van der Waals surface area (Å²) < 4.78 is 36.8. The van der Waals surface area contributed by atoms with Gasteiger partial charge in [-0.05, 0) is 17.5 Å². The molecule has 0 bridgehead atoms. The molecule has 0 heterocycles. The Labute approximate surface area is 114 Å². The van der Waals surface area contributed by atoms with Gasteiger partial charge in [0, 0.05) is 0 Å². The Balaban J connectivity index is 2.93. The number of halogens is 3. The molecule has 1 aromatic carbocycles. The van der Waals surface area contributed by atoms with E-state index >= 15 is 0 Å². The summed E-state index contributed by atoms with van der Waals surface area (Å²) in [6.07, 6.45) is -4.62. The predicted molar refractivity (Wildman–Crippen MR) is 66.6 cm³/mol. The number of aryl methyl sites for hydroxylation is 1. The molecule has 0 fully saturated rings. The van der Waals surface area contributed by atoms with E-state index in [-0.39, 0.29) is 0 Å². The molecule has 0 aliphatic carbocycles. The molecule has 0 radical (unpaired) electrons. The Morgan fingerprint density at radius 1 is 1.25 bits per heavy atom. The van der Waals surface area contributed by atoms with Gasteiger partial charge in [0.15, 0.2) is 0 Å². The lowest BCUT2D eigenvalue weighted by Crippen LogP contribution is -2.40. The van der Waals surface area contributed by atoms with Gasteiger partial charge in [-0.15, -0.1) is 0 Å². The second-order valence-corrected chi connectivity index (χ2v) is 4.29. The van der Waals surface area contributed by atoms with Gasteiger partial charge in [-0.3, -0.25) is 9.59 Å². The fourth-order valence-electron chi connectivity index (χ4n) is 1.68. The SMILES string of the molecule is CCc1ccc([C@@H](CC(N)=O)NC(=O)C(F)(F)F)cc1. The van der Waals surface area contributed by atoms with E-state index in [1.165, 1.54) is 0 Å². The van der Waals surface area contributed by atoms with E-state index in [9.17, 15) is 22.8 Å². The van der Waals surface area contributed by atoms with Crippen LogP contribution >= 0.6 is 0 Å². The topological polar surface area (TPSA) is 72.2 Å². The number of rotatable bonds is 5. The molecule has 3 N–H and O–H groups in total. The first-order valence-corrected chi connectivity index (χ1v) is 5.99. The minimum atomic E-state index is -5.00. The molecule has 7 heteroatoms. The Morgan fingerprint density at radius 2 is 1.80 bits per heavy atom. The molecule has 0 saturated heterocycles. The molecule has 0 aliphatic rings. The average molecular weight is 288 g/mol. The molecular formula is C13H15F3N2O2. The first-order valence-electron chi connectivity index (χ1n) is 5.99. The third kappa shape index (κ3) is 4.56. The zero-order valence-corrected chi connectivity index (χ0v) is 10.8. The lowest BCUT2D eigenvalue weighted by atomic mass is 10.0. The number of amides is 2. The van der Waals surface area contributed by atoms with Crippen LogP contribution in [0.4, 0.5) is 13.2 Å². The van der Waals surface area contributed by atoms with Crippen LogP contribution in [0.1, 0.15) is 30.5 Å². The van der Waals surface area contributed by atoms with Gasteiger partial charge in [-0.2, -0.15) is 13.2 Å². The first kappa shape index (κ1) is 16.0. The molecule has 4 nitrogen and oxygen atoms in total. The maximum absolute atomic E-state index is 12.3. The number of nitrogens with one attached hydrogen (secondary N) is 1. The number of hydrogen-bond donors (Lipinski definition) is 2. The fraction of sp³-hybridized carbons (Fsp3) is 0.385. The summed E-state index contributed by atoms with van der Waals surface area (Å²) in [6.45, 7) is 1.93. The van der Waals surface area contributed by atoms with Crippen molar-refractivity contribution >= 4 is 11.8 Å². The third-order valence-electron chi connectivity index (χ3n) is 2.76. The predicted octanol–water partition coefficient (Wildman–Crippen LogP) is 1.84. The van der Waals surface area contributed by atoms with Crippen molar-refractivity contribution in [3.8, 4) is 0 Å². The van der Waals surface area contributed by atoms with Gasteiger partial charge in [0.1, 0.15) is 0 Å². The number of carbonyl (C=O) groups is 2. The van der Waals surface area contributed by atoms with Crippen molar-refractivity contribution in [3.63, 3.8) is 0 Å². The van der Waals surface area contributed by atoms with Gasteiger partial charge in [0.05, 0.1) is 12.5 Å². The first-order chi connectivity index (χ1) is 9.24. The summed E-state index contributed by atoms with van der Waals surface area (Å²) in [5.41, 5.74) is 6.40. The number of carbonyl (C=O) groups excluding carboxylic acids is 2. The smallest absolute Gasteiger partial charge is 0.370 e. The Kier molecular flexibility index (Phi) is 5.12. The number of alkyl halides is 3. The summed E-state index contributed by atoms with van der Waals surface area (Å²) in [6, 6.07) is 5.51. The van der Waals surface area contributed by atoms with Crippen molar-refractivity contribution in [1.82, 2.24) is 5.32 Å². The number of nitrogens with two attached hydrogens (primary N) is 1. The largest absolute Gasteiger partial charge is 0.471 e. The van der Waals surface area contributed by atoms with Crippen LogP contribution in [0.2, 0.25) is 0 Å². The average Bonchev–Trinajstić information content (AvgIpc) is 2.36. The molecule has 110 valence electrons. The molecule has 2 amide bonds. The quantitative estimate of drug-likeness (QED) is 0.867. The van der Waals surface area contributed by atoms with Crippen LogP contribution in [-0.2, 0) is 16.0 Å². The van der Waals surface area contributed by atoms with Gasteiger partial charge >= 0.3 is 12.1 Å². The second-order valence-electron chi connectivity index (χ2n) is 4.29. The second kappa shape index (κ2) is 6.40. The number of benzene rings is 1. The zero-order valence-electron chi connectivity index (χ0n) is 10.8. The summed E-state index contributed by atoms with van der Waals surface area (Å²) in [7, 11) is 0. The molecule has 20 heavy (non-hydrogen) atoms. The Bertz CT molecular complexity index is 483. The maximum Gasteiger partial charge on any atom is 0.471 e. The summed E-state index contributed by atoms with van der Waals surface area (Å²) in [5.74, 6) is -2.89. The molecule has 1 aromatic rings. The zero-order chi connectivity index (χ0) is 15.3. The molecule has 0 unspecified atom stereocenters. The van der Waals surface area contributed by atoms with E-state index in [0.29, 0.717) is 5.56 Å². The van der Waals surface area contributed by atoms with Crippen LogP contribution in [0.15, 0.2) is 24.3 Å². The standard InChI is InChI=1S/C13H15F3N2O2/c1-2-8-3-5-9(6-4-8)10(7-11(17)19)18-12(20)13(14,15)16/h3-6,10H,2,7H2,1H3,(H2,17,19)(H,18,20)/t10-/m1/s1. The van der Waals surface area contributed by atoms with E-state index in [1.54, 1.807) is 29.6 Å². The number of primary amides is 1. The van der Waals surface area contributed by atoms with E-state index in [2.05, 4.69) is 0 Å². The van der Waals surface area contributed by atoms with Gasteiger partial charge in [-0.1, -0.05) is 31.2 Å². The molecule has 0 saturated carbocycles. The molecule has 0 aromatic heterocycles. The van der Waals surface area contributed by atoms with Crippen molar-refractivity contribution in [1.29, 1.82) is 0 Å². The van der Waals surface area contributed by atoms with Crippen molar-refractivity contribution in [2.75, 3.05) is 0 Å². The highest BCUT2D eigenvalue weighted by atomic mass is 19.4. The third-order valence-corrected chi connectivity index (χ3v) is 2.76. The summed E-state index contributed by atoms with van der Waals surface area (Å²) in [4.78, 5) is 21.9. The minimum absolute atomic E-state index is 0.396. The van der Waals surface area contributed by atoms with Crippen LogP contribution in [0.5, 0.6) is 0 Å². The highest BCUT2D eigenvalue weighted by Crippen LogP contribution is 2.21. The molecule has 1 atom stereocenters. The lowest BCUT2D eigenvalue weighted by Gasteiger charge is -2.19. The Morgan fingerprint density at radius 3 is 2.20 bits per heavy atom. The molecule has 1 rings (SSSR count).